The highest BCUT2D eigenvalue weighted by molar-refractivity contribution is 7.09. The predicted molar refractivity (Wildman–Crippen MR) is 100 cm³/mol. The molecule has 3 aromatic heterocycles. The summed E-state index contributed by atoms with van der Waals surface area (Å²) in [7, 11) is 0. The molecule has 0 saturated heterocycles. The van der Waals surface area contributed by atoms with E-state index in [-0.39, 0.29) is 11.8 Å². The topological polar surface area (TPSA) is 75.9 Å². The summed E-state index contributed by atoms with van der Waals surface area (Å²) >= 11 is 1.50. The lowest BCUT2D eigenvalue weighted by atomic mass is 10.1. The number of nitrogens with zero attached hydrogens (tertiary/aromatic N) is 5. The molecule has 7 nitrogen and oxygen atoms in total. The molecule has 0 unspecified atom stereocenters. The Balaban J connectivity index is 1.52. The van der Waals surface area contributed by atoms with E-state index in [2.05, 4.69) is 20.4 Å². The van der Waals surface area contributed by atoms with Crippen LogP contribution in [0.4, 0.5) is 5.82 Å². The predicted octanol–water partition coefficient (Wildman–Crippen LogP) is 2.43. The highest BCUT2D eigenvalue weighted by atomic mass is 32.1. The first-order chi connectivity index (χ1) is 12.7. The van der Waals surface area contributed by atoms with Crippen molar-refractivity contribution >= 4 is 23.1 Å². The number of rotatable bonds is 4. The minimum Gasteiger partial charge on any atom is -0.370 e. The van der Waals surface area contributed by atoms with Crippen LogP contribution >= 0.6 is 11.3 Å². The molecule has 0 aromatic carbocycles. The van der Waals surface area contributed by atoms with E-state index < -0.39 is 0 Å². The number of fused-ring (bicyclic) bond motifs is 1. The van der Waals surface area contributed by atoms with Gasteiger partial charge in [0, 0.05) is 43.3 Å². The van der Waals surface area contributed by atoms with Gasteiger partial charge in [-0.05, 0) is 25.1 Å². The van der Waals surface area contributed by atoms with Gasteiger partial charge in [-0.15, -0.1) is 11.3 Å². The van der Waals surface area contributed by atoms with Gasteiger partial charge in [-0.2, -0.15) is 5.10 Å². The maximum atomic E-state index is 12.9. The number of aromatic nitrogens is 4. The lowest BCUT2D eigenvalue weighted by Gasteiger charge is -2.23. The fourth-order valence-electron chi connectivity index (χ4n) is 3.16. The first kappa shape index (κ1) is 16.7. The Labute approximate surface area is 155 Å². The molecule has 1 aliphatic heterocycles. The van der Waals surface area contributed by atoms with E-state index in [1.807, 2.05) is 46.2 Å². The molecule has 0 radical (unpaired) electrons. The summed E-state index contributed by atoms with van der Waals surface area (Å²) in [4.78, 5) is 23.5. The van der Waals surface area contributed by atoms with Crippen LogP contribution in [0.15, 0.2) is 42.0 Å². The standard InChI is InChI=1S/C18H20N6OS/c1-13-22-16(12-26-13)18(25)23-9-14(8-20-17-4-2-3-6-19-17)10-24-15(11-23)5-7-21-24/h2-7,12,14H,8-11H2,1H3,(H,19,20)/t14-/m1/s1. The highest BCUT2D eigenvalue weighted by Gasteiger charge is 2.27. The maximum absolute atomic E-state index is 12.9. The first-order valence-electron chi connectivity index (χ1n) is 8.56. The lowest BCUT2D eigenvalue weighted by molar-refractivity contribution is 0.0719. The minimum atomic E-state index is -0.0214. The molecule has 0 bridgehead atoms. The second-order valence-corrected chi connectivity index (χ2v) is 7.47. The third kappa shape index (κ3) is 3.60. The first-order valence-corrected chi connectivity index (χ1v) is 9.44. The van der Waals surface area contributed by atoms with E-state index in [0.717, 1.165) is 29.6 Å². The lowest BCUT2D eigenvalue weighted by Crippen LogP contribution is -2.36. The van der Waals surface area contributed by atoms with Crippen molar-refractivity contribution in [2.24, 2.45) is 5.92 Å². The molecular formula is C18H20N6OS. The van der Waals surface area contributed by atoms with Gasteiger partial charge in [0.2, 0.25) is 0 Å². The number of aryl methyl sites for hydroxylation is 1. The van der Waals surface area contributed by atoms with Crippen LogP contribution < -0.4 is 5.32 Å². The van der Waals surface area contributed by atoms with Crippen LogP contribution in [-0.4, -0.2) is 43.6 Å². The van der Waals surface area contributed by atoms with E-state index in [0.29, 0.717) is 18.8 Å². The zero-order valence-electron chi connectivity index (χ0n) is 14.5. The molecule has 0 saturated carbocycles. The number of hydrogen-bond acceptors (Lipinski definition) is 6. The van der Waals surface area contributed by atoms with Gasteiger partial charge in [0.05, 0.1) is 17.2 Å². The molecule has 4 rings (SSSR count). The molecule has 1 aliphatic rings. The van der Waals surface area contributed by atoms with Crippen LogP contribution in [0, 0.1) is 12.8 Å². The van der Waals surface area contributed by atoms with Gasteiger partial charge in [-0.3, -0.25) is 9.48 Å². The monoisotopic (exact) mass is 368 g/mol. The molecule has 4 heterocycles. The highest BCUT2D eigenvalue weighted by Crippen LogP contribution is 2.19. The number of hydrogen-bond donors (Lipinski definition) is 1. The van der Waals surface area contributed by atoms with Crippen molar-refractivity contribution in [3.05, 3.63) is 58.4 Å². The minimum absolute atomic E-state index is 0.0214. The van der Waals surface area contributed by atoms with Gasteiger partial charge >= 0.3 is 0 Å². The Hall–Kier alpha value is -2.74. The normalized spacial score (nSPS) is 16.8. The number of anilines is 1. The fraction of sp³-hybridized carbons (Fsp3) is 0.333. The number of carbonyl (C=O) groups is 1. The molecule has 1 amide bonds. The quantitative estimate of drug-likeness (QED) is 0.765. The van der Waals surface area contributed by atoms with Crippen molar-refractivity contribution in [1.82, 2.24) is 24.6 Å². The Bertz CT molecular complexity index is 890. The Morgan fingerprint density at radius 1 is 1.31 bits per heavy atom. The second kappa shape index (κ2) is 7.25. The zero-order valence-corrected chi connectivity index (χ0v) is 15.3. The Morgan fingerprint density at radius 2 is 2.23 bits per heavy atom. The van der Waals surface area contributed by atoms with Crippen molar-refractivity contribution in [2.75, 3.05) is 18.4 Å². The van der Waals surface area contributed by atoms with Crippen molar-refractivity contribution in [2.45, 2.75) is 20.0 Å². The van der Waals surface area contributed by atoms with E-state index in [4.69, 9.17) is 0 Å². The van der Waals surface area contributed by atoms with Gasteiger partial charge in [0.15, 0.2) is 0 Å². The molecule has 0 aliphatic carbocycles. The van der Waals surface area contributed by atoms with E-state index >= 15 is 0 Å². The summed E-state index contributed by atoms with van der Waals surface area (Å²) in [6, 6.07) is 7.76. The summed E-state index contributed by atoms with van der Waals surface area (Å²) < 4.78 is 1.99. The average molecular weight is 368 g/mol. The fourth-order valence-corrected chi connectivity index (χ4v) is 3.74. The zero-order chi connectivity index (χ0) is 17.9. The third-order valence-electron chi connectivity index (χ3n) is 4.43. The van der Waals surface area contributed by atoms with Gasteiger partial charge < -0.3 is 10.2 Å². The van der Waals surface area contributed by atoms with Crippen molar-refractivity contribution in [3.8, 4) is 0 Å². The summed E-state index contributed by atoms with van der Waals surface area (Å²) in [5.41, 5.74) is 1.57. The van der Waals surface area contributed by atoms with Gasteiger partial charge in [0.1, 0.15) is 11.5 Å². The van der Waals surface area contributed by atoms with Crippen LogP contribution in [0.2, 0.25) is 0 Å². The Morgan fingerprint density at radius 3 is 3.00 bits per heavy atom. The molecular weight excluding hydrogens is 348 g/mol. The van der Waals surface area contributed by atoms with Crippen LogP contribution in [0.1, 0.15) is 21.2 Å². The van der Waals surface area contributed by atoms with Crippen LogP contribution in [0.25, 0.3) is 0 Å². The summed E-state index contributed by atoms with van der Waals surface area (Å²) in [5, 5.41) is 10.5. The molecule has 0 spiro atoms. The van der Waals surface area contributed by atoms with Crippen molar-refractivity contribution in [1.29, 1.82) is 0 Å². The maximum Gasteiger partial charge on any atom is 0.273 e. The average Bonchev–Trinajstić information content (AvgIpc) is 3.24. The van der Waals surface area contributed by atoms with E-state index in [9.17, 15) is 4.79 Å². The largest absolute Gasteiger partial charge is 0.370 e. The van der Waals surface area contributed by atoms with Gasteiger partial charge in [-0.1, -0.05) is 6.07 Å². The number of pyridine rings is 1. The number of amides is 1. The van der Waals surface area contributed by atoms with Gasteiger partial charge in [0.25, 0.3) is 5.91 Å². The smallest absolute Gasteiger partial charge is 0.273 e. The molecule has 8 heteroatoms. The van der Waals surface area contributed by atoms with E-state index in [1.165, 1.54) is 11.3 Å². The second-order valence-electron chi connectivity index (χ2n) is 6.40. The summed E-state index contributed by atoms with van der Waals surface area (Å²) in [5.74, 6) is 1.04. The number of thiazole rings is 1. The Kier molecular flexibility index (Phi) is 4.66. The molecule has 26 heavy (non-hydrogen) atoms. The van der Waals surface area contributed by atoms with Crippen molar-refractivity contribution in [3.63, 3.8) is 0 Å². The number of carbonyl (C=O) groups excluding carboxylic acids is 1. The van der Waals surface area contributed by atoms with E-state index in [1.54, 1.807) is 12.4 Å². The summed E-state index contributed by atoms with van der Waals surface area (Å²) in [6.45, 7) is 4.60. The molecule has 3 aromatic rings. The molecule has 1 atom stereocenters. The number of nitrogens with one attached hydrogen (secondary N) is 1. The molecule has 1 N–H and O–H groups in total. The van der Waals surface area contributed by atoms with Crippen LogP contribution in [0.5, 0.6) is 0 Å². The van der Waals surface area contributed by atoms with Crippen molar-refractivity contribution < 1.29 is 4.79 Å². The molecule has 0 fully saturated rings. The third-order valence-corrected chi connectivity index (χ3v) is 5.20. The van der Waals surface area contributed by atoms with Crippen LogP contribution in [0.3, 0.4) is 0 Å². The SMILES string of the molecule is Cc1nc(C(=O)N2Cc3ccnn3C[C@H](CNc3ccccn3)C2)cs1. The molecule has 134 valence electrons. The van der Waals surface area contributed by atoms with Crippen LogP contribution in [-0.2, 0) is 13.1 Å². The summed E-state index contributed by atoms with van der Waals surface area (Å²) in [6.07, 6.45) is 3.56. The van der Waals surface area contributed by atoms with Gasteiger partial charge in [-0.25, -0.2) is 9.97 Å².